The minimum absolute atomic E-state index is 0.0747. The van der Waals surface area contributed by atoms with Gasteiger partial charge >= 0.3 is 0 Å². The predicted molar refractivity (Wildman–Crippen MR) is 99.4 cm³/mol. The van der Waals surface area contributed by atoms with Crippen molar-refractivity contribution in [3.05, 3.63) is 42.0 Å². The molecule has 2 amide bonds. The number of carbonyl (C=O) groups is 2. The van der Waals surface area contributed by atoms with Crippen molar-refractivity contribution in [1.29, 1.82) is 0 Å². The SMILES string of the molecule is COc1ccc(C(=O)Nc2cccc3c2OCC(=O)N3C)cc1S(C)(=O)=O. The fourth-order valence-corrected chi connectivity index (χ4v) is 3.56. The van der Waals surface area contributed by atoms with Crippen LogP contribution in [0.3, 0.4) is 0 Å². The summed E-state index contributed by atoms with van der Waals surface area (Å²) in [5, 5.41) is 2.70. The Hall–Kier alpha value is -3.07. The maximum Gasteiger partial charge on any atom is 0.264 e. The van der Waals surface area contributed by atoms with Crippen molar-refractivity contribution in [2.45, 2.75) is 4.90 Å². The molecule has 1 aliphatic rings. The van der Waals surface area contributed by atoms with Gasteiger partial charge in [-0.15, -0.1) is 0 Å². The number of fused-ring (bicyclic) bond motifs is 1. The molecule has 2 aromatic carbocycles. The summed E-state index contributed by atoms with van der Waals surface area (Å²) in [6.45, 7) is -0.128. The molecule has 1 aliphatic heterocycles. The predicted octanol–water partition coefficient (Wildman–Crippen LogP) is 1.71. The number of nitrogens with one attached hydrogen (secondary N) is 1. The fraction of sp³-hybridized carbons (Fsp3) is 0.222. The first kappa shape index (κ1) is 18.7. The van der Waals surface area contributed by atoms with Gasteiger partial charge in [-0.2, -0.15) is 0 Å². The number of rotatable bonds is 4. The van der Waals surface area contributed by atoms with E-state index in [2.05, 4.69) is 5.32 Å². The van der Waals surface area contributed by atoms with Gasteiger partial charge in [0.2, 0.25) is 0 Å². The van der Waals surface area contributed by atoms with Gasteiger partial charge in [0.05, 0.1) is 18.5 Å². The zero-order valence-corrected chi connectivity index (χ0v) is 15.8. The molecule has 0 unspecified atom stereocenters. The Morgan fingerprint density at radius 3 is 2.67 bits per heavy atom. The standard InChI is InChI=1S/C18H18N2O6S/c1-20-13-6-4-5-12(17(13)26-10-16(20)21)19-18(22)11-7-8-14(25-2)15(9-11)27(3,23)24/h4-9H,10H2,1-3H3,(H,19,22). The number of amides is 2. The van der Waals surface area contributed by atoms with Gasteiger partial charge in [-0.1, -0.05) is 6.07 Å². The molecule has 0 aliphatic carbocycles. The highest BCUT2D eigenvalue weighted by atomic mass is 32.2. The molecular weight excluding hydrogens is 372 g/mol. The number of benzene rings is 2. The molecule has 0 saturated carbocycles. The van der Waals surface area contributed by atoms with E-state index < -0.39 is 15.7 Å². The monoisotopic (exact) mass is 390 g/mol. The van der Waals surface area contributed by atoms with Crippen molar-refractivity contribution >= 4 is 33.0 Å². The van der Waals surface area contributed by atoms with Crippen LogP contribution >= 0.6 is 0 Å². The molecule has 8 nitrogen and oxygen atoms in total. The van der Waals surface area contributed by atoms with Crippen LogP contribution in [0.4, 0.5) is 11.4 Å². The third-order valence-corrected chi connectivity index (χ3v) is 5.26. The molecular formula is C18H18N2O6S. The van der Waals surface area contributed by atoms with E-state index in [1.54, 1.807) is 25.2 Å². The number of likely N-dealkylation sites (N-methyl/N-ethyl adjacent to an activating group) is 1. The number of para-hydroxylation sites is 1. The highest BCUT2D eigenvalue weighted by Gasteiger charge is 2.25. The zero-order chi connectivity index (χ0) is 19.8. The summed E-state index contributed by atoms with van der Waals surface area (Å²) in [4.78, 5) is 25.8. The van der Waals surface area contributed by atoms with Crippen LogP contribution in [-0.4, -0.2) is 47.3 Å². The van der Waals surface area contributed by atoms with Crippen molar-refractivity contribution < 1.29 is 27.5 Å². The van der Waals surface area contributed by atoms with Gasteiger partial charge in [0.25, 0.3) is 11.8 Å². The first-order valence-electron chi connectivity index (χ1n) is 7.94. The van der Waals surface area contributed by atoms with Crippen molar-refractivity contribution in [2.75, 3.05) is 37.2 Å². The second-order valence-corrected chi connectivity index (χ2v) is 7.97. The van der Waals surface area contributed by atoms with Crippen molar-refractivity contribution in [1.82, 2.24) is 0 Å². The highest BCUT2D eigenvalue weighted by molar-refractivity contribution is 7.90. The Labute approximate surface area is 156 Å². The summed E-state index contributed by atoms with van der Waals surface area (Å²) in [5.41, 5.74) is 1.07. The molecule has 1 heterocycles. The average molecular weight is 390 g/mol. The molecule has 0 spiro atoms. The number of hydrogen-bond acceptors (Lipinski definition) is 6. The van der Waals surface area contributed by atoms with Gasteiger partial charge in [0, 0.05) is 18.9 Å². The van der Waals surface area contributed by atoms with E-state index >= 15 is 0 Å². The Morgan fingerprint density at radius 2 is 2.00 bits per heavy atom. The molecule has 0 radical (unpaired) electrons. The van der Waals surface area contributed by atoms with E-state index in [4.69, 9.17) is 9.47 Å². The maximum absolute atomic E-state index is 12.6. The number of nitrogens with zero attached hydrogens (tertiary/aromatic N) is 1. The van der Waals surface area contributed by atoms with E-state index in [1.165, 1.54) is 30.2 Å². The molecule has 0 atom stereocenters. The molecule has 0 aromatic heterocycles. The summed E-state index contributed by atoms with van der Waals surface area (Å²) >= 11 is 0. The number of carbonyl (C=O) groups excluding carboxylic acids is 2. The van der Waals surface area contributed by atoms with Crippen LogP contribution in [0, 0.1) is 0 Å². The molecule has 1 N–H and O–H groups in total. The van der Waals surface area contributed by atoms with Crippen molar-refractivity contribution in [3.8, 4) is 11.5 Å². The Balaban J connectivity index is 1.95. The lowest BCUT2D eigenvalue weighted by Gasteiger charge is -2.27. The highest BCUT2D eigenvalue weighted by Crippen LogP contribution is 2.38. The number of ether oxygens (including phenoxy) is 2. The molecule has 142 valence electrons. The Kier molecular flexibility index (Phi) is 4.79. The van der Waals surface area contributed by atoms with E-state index in [9.17, 15) is 18.0 Å². The summed E-state index contributed by atoms with van der Waals surface area (Å²) in [7, 11) is -0.598. The molecule has 27 heavy (non-hydrogen) atoms. The lowest BCUT2D eigenvalue weighted by atomic mass is 10.1. The Bertz CT molecular complexity index is 1030. The number of methoxy groups -OCH3 is 1. The van der Waals surface area contributed by atoms with Gasteiger partial charge in [0.1, 0.15) is 10.6 Å². The van der Waals surface area contributed by atoms with Crippen LogP contribution in [0.5, 0.6) is 11.5 Å². The Morgan fingerprint density at radius 1 is 1.26 bits per heavy atom. The van der Waals surface area contributed by atoms with Crippen LogP contribution in [0.2, 0.25) is 0 Å². The first-order valence-corrected chi connectivity index (χ1v) is 9.83. The first-order chi connectivity index (χ1) is 12.7. The van der Waals surface area contributed by atoms with E-state index in [0.29, 0.717) is 17.1 Å². The van der Waals surface area contributed by atoms with E-state index in [1.807, 2.05) is 0 Å². The summed E-state index contributed by atoms with van der Waals surface area (Å²) in [6.07, 6.45) is 1.04. The minimum atomic E-state index is -3.58. The summed E-state index contributed by atoms with van der Waals surface area (Å²) < 4.78 is 34.4. The number of anilines is 2. The third-order valence-electron chi connectivity index (χ3n) is 4.14. The zero-order valence-electron chi connectivity index (χ0n) is 15.0. The van der Waals surface area contributed by atoms with Gasteiger partial charge in [-0.05, 0) is 30.3 Å². The van der Waals surface area contributed by atoms with Crippen LogP contribution in [0.25, 0.3) is 0 Å². The number of sulfone groups is 1. The molecule has 3 rings (SSSR count). The summed E-state index contributed by atoms with van der Waals surface area (Å²) in [5.74, 6) is -0.169. The van der Waals surface area contributed by atoms with E-state index in [-0.39, 0.29) is 28.7 Å². The number of hydrogen-bond donors (Lipinski definition) is 1. The maximum atomic E-state index is 12.6. The van der Waals surface area contributed by atoms with Crippen LogP contribution < -0.4 is 19.7 Å². The summed E-state index contributed by atoms with van der Waals surface area (Å²) in [6, 6.07) is 9.18. The van der Waals surface area contributed by atoms with E-state index in [0.717, 1.165) is 6.26 Å². The minimum Gasteiger partial charge on any atom is -0.495 e. The average Bonchev–Trinajstić information content (AvgIpc) is 2.63. The third kappa shape index (κ3) is 3.59. The van der Waals surface area contributed by atoms with Gasteiger partial charge in [0.15, 0.2) is 22.2 Å². The van der Waals surface area contributed by atoms with Gasteiger partial charge in [-0.25, -0.2) is 8.42 Å². The van der Waals surface area contributed by atoms with Gasteiger partial charge < -0.3 is 19.7 Å². The van der Waals surface area contributed by atoms with Crippen LogP contribution in [0.1, 0.15) is 10.4 Å². The van der Waals surface area contributed by atoms with Crippen molar-refractivity contribution in [3.63, 3.8) is 0 Å². The molecule has 0 saturated heterocycles. The van der Waals surface area contributed by atoms with Crippen LogP contribution in [0.15, 0.2) is 41.3 Å². The molecule has 0 bridgehead atoms. The molecule has 2 aromatic rings. The molecule has 9 heteroatoms. The second kappa shape index (κ2) is 6.92. The lowest BCUT2D eigenvalue weighted by Crippen LogP contribution is -2.35. The van der Waals surface area contributed by atoms with Crippen LogP contribution in [-0.2, 0) is 14.6 Å². The van der Waals surface area contributed by atoms with Crippen molar-refractivity contribution in [2.24, 2.45) is 0 Å². The smallest absolute Gasteiger partial charge is 0.264 e. The lowest BCUT2D eigenvalue weighted by molar-refractivity contribution is -0.120. The van der Waals surface area contributed by atoms with Gasteiger partial charge in [-0.3, -0.25) is 9.59 Å². The molecule has 0 fully saturated rings. The normalized spacial score (nSPS) is 13.6. The quantitative estimate of drug-likeness (QED) is 0.853. The largest absolute Gasteiger partial charge is 0.495 e. The second-order valence-electron chi connectivity index (χ2n) is 5.99. The fourth-order valence-electron chi connectivity index (χ4n) is 2.71. The topological polar surface area (TPSA) is 102 Å².